The third-order valence-electron chi connectivity index (χ3n) is 5.54. The molecular weight excluding hydrogens is 386 g/mol. The lowest BCUT2D eigenvalue weighted by atomic mass is 9.99. The average Bonchev–Trinajstić information content (AvgIpc) is 3.30. The molecule has 2 aromatic rings. The molecule has 1 aromatic carbocycles. The number of rotatable bonds is 4. The van der Waals surface area contributed by atoms with Crippen LogP contribution in [0.1, 0.15) is 40.8 Å². The fourth-order valence-electron chi connectivity index (χ4n) is 4.27. The molecule has 7 nitrogen and oxygen atoms in total. The van der Waals surface area contributed by atoms with Crippen LogP contribution < -0.4 is 10.5 Å². The molecule has 0 aliphatic heterocycles. The highest BCUT2D eigenvalue weighted by atomic mass is 32.2. The molecule has 3 N–H and O–H groups in total. The van der Waals surface area contributed by atoms with Crippen LogP contribution in [0.15, 0.2) is 33.7 Å². The fraction of sp³-hybridized carbons (Fsp3) is 0.429. The zero-order valence-electron chi connectivity index (χ0n) is 16.9. The van der Waals surface area contributed by atoms with Crippen molar-refractivity contribution in [1.29, 1.82) is 0 Å². The van der Waals surface area contributed by atoms with Gasteiger partial charge in [0.1, 0.15) is 9.92 Å². The maximum absolute atomic E-state index is 12.9. The minimum atomic E-state index is -3.37. The zero-order valence-corrected chi connectivity index (χ0v) is 17.7. The van der Waals surface area contributed by atoms with Gasteiger partial charge in [-0.05, 0) is 87.0 Å². The van der Waals surface area contributed by atoms with Crippen LogP contribution in [0.4, 0.5) is 10.5 Å². The Morgan fingerprint density at radius 2 is 1.83 bits per heavy atom. The van der Waals surface area contributed by atoms with Crippen LogP contribution in [0.3, 0.4) is 0 Å². The summed E-state index contributed by atoms with van der Waals surface area (Å²) in [5.41, 5.74) is 6.73. The number of carbonyl (C=O) groups excluding carboxylic acids is 1. The monoisotopic (exact) mass is 413 g/mol. The third-order valence-corrected chi connectivity index (χ3v) is 6.89. The van der Waals surface area contributed by atoms with Gasteiger partial charge in [-0.2, -0.15) is 0 Å². The summed E-state index contributed by atoms with van der Waals surface area (Å²) in [5, 5.41) is 8.83. The second kappa shape index (κ2) is 7.85. The fourth-order valence-corrected chi connectivity index (χ4v) is 5.14. The second-order valence-corrected chi connectivity index (χ2v) is 9.84. The molecule has 1 aromatic heterocycles. The Balaban J connectivity index is 1.59. The van der Waals surface area contributed by atoms with Crippen LogP contribution >= 0.6 is 0 Å². The summed E-state index contributed by atoms with van der Waals surface area (Å²) >= 11 is 0. The molecule has 2 aliphatic rings. The number of aromatic nitrogens is 1. The number of pyridine rings is 1. The van der Waals surface area contributed by atoms with E-state index in [4.69, 9.17) is 5.14 Å². The number of fused-ring (bicyclic) bond motifs is 2. The highest BCUT2D eigenvalue weighted by Crippen LogP contribution is 2.38. The summed E-state index contributed by atoms with van der Waals surface area (Å²) in [6.45, 7) is 0.661. The molecule has 0 unspecified atom stereocenters. The number of nitrogens with two attached hydrogens (primary N) is 1. The van der Waals surface area contributed by atoms with Crippen LogP contribution in [-0.4, -0.2) is 34.2 Å². The Hall–Kier alpha value is -2.29. The number of hydrogen-bond donors (Lipinski definition) is 2. The van der Waals surface area contributed by atoms with Gasteiger partial charge >= 0.3 is 6.03 Å². The maximum atomic E-state index is 12.9. The van der Waals surface area contributed by atoms with Gasteiger partial charge < -0.3 is 10.2 Å². The van der Waals surface area contributed by atoms with Crippen molar-refractivity contribution in [2.45, 2.75) is 50.0 Å². The van der Waals surface area contributed by atoms with Gasteiger partial charge in [-0.15, -0.1) is 4.36 Å². The molecule has 0 radical (unpaired) electrons. The van der Waals surface area contributed by atoms with E-state index in [-0.39, 0.29) is 4.90 Å². The van der Waals surface area contributed by atoms with Crippen LogP contribution in [0.2, 0.25) is 0 Å². The SMILES string of the molecule is CN(C)Cc1ccc([S@@](N)(=O)=NC(=O)Nc2c3c(cc4c2CCC4)CCC3)cn1. The largest absolute Gasteiger partial charge is 0.354 e. The smallest absolute Gasteiger partial charge is 0.305 e. The Bertz CT molecular complexity index is 1040. The molecule has 2 amide bonds. The molecule has 0 spiro atoms. The van der Waals surface area contributed by atoms with Gasteiger partial charge in [-0.25, -0.2) is 14.1 Å². The van der Waals surface area contributed by atoms with Crippen molar-refractivity contribution in [3.63, 3.8) is 0 Å². The van der Waals surface area contributed by atoms with Crippen molar-refractivity contribution in [2.75, 3.05) is 19.4 Å². The summed E-state index contributed by atoms with van der Waals surface area (Å²) in [4.78, 5) is 19.2. The summed E-state index contributed by atoms with van der Waals surface area (Å²) in [6, 6.07) is 5.02. The lowest BCUT2D eigenvalue weighted by Gasteiger charge is -2.15. The van der Waals surface area contributed by atoms with E-state index in [0.717, 1.165) is 49.9 Å². The van der Waals surface area contributed by atoms with Gasteiger partial charge in [0.2, 0.25) is 0 Å². The number of urea groups is 1. The Labute approximate surface area is 172 Å². The van der Waals surface area contributed by atoms with Crippen molar-refractivity contribution >= 4 is 21.6 Å². The molecule has 0 saturated carbocycles. The van der Waals surface area contributed by atoms with Crippen molar-refractivity contribution in [1.82, 2.24) is 9.88 Å². The highest BCUT2D eigenvalue weighted by Gasteiger charge is 2.25. The lowest BCUT2D eigenvalue weighted by molar-refractivity contribution is 0.260. The predicted molar refractivity (Wildman–Crippen MR) is 114 cm³/mol. The first-order valence-electron chi connectivity index (χ1n) is 9.95. The van der Waals surface area contributed by atoms with E-state index in [1.165, 1.54) is 28.5 Å². The van der Waals surface area contributed by atoms with E-state index in [1.807, 2.05) is 19.0 Å². The Morgan fingerprint density at radius 1 is 1.17 bits per heavy atom. The number of benzene rings is 1. The van der Waals surface area contributed by atoms with Gasteiger partial charge in [0.05, 0.1) is 10.6 Å². The molecular formula is C21H27N5O2S. The number of carbonyl (C=O) groups is 1. The van der Waals surface area contributed by atoms with Crippen molar-refractivity contribution in [2.24, 2.45) is 9.50 Å². The quantitative estimate of drug-likeness (QED) is 0.804. The van der Waals surface area contributed by atoms with E-state index in [0.29, 0.717) is 6.54 Å². The van der Waals surface area contributed by atoms with Crippen molar-refractivity contribution in [3.05, 3.63) is 52.3 Å². The van der Waals surface area contributed by atoms with Gasteiger partial charge in [-0.3, -0.25) is 4.98 Å². The molecule has 1 heterocycles. The predicted octanol–water partition coefficient (Wildman–Crippen LogP) is 3.05. The first-order chi connectivity index (χ1) is 13.8. The minimum Gasteiger partial charge on any atom is -0.305 e. The summed E-state index contributed by atoms with van der Waals surface area (Å²) in [6.07, 6.45) is 7.62. The molecule has 4 rings (SSSR count). The molecule has 0 bridgehead atoms. The minimum absolute atomic E-state index is 0.249. The molecule has 8 heteroatoms. The molecule has 0 fully saturated rings. The number of aryl methyl sites for hydroxylation is 2. The first-order valence-corrected chi connectivity index (χ1v) is 11.5. The number of amides is 2. The van der Waals surface area contributed by atoms with Crippen molar-refractivity contribution in [3.8, 4) is 0 Å². The van der Waals surface area contributed by atoms with E-state index in [2.05, 4.69) is 20.7 Å². The van der Waals surface area contributed by atoms with E-state index in [9.17, 15) is 9.00 Å². The van der Waals surface area contributed by atoms with E-state index >= 15 is 0 Å². The number of hydrogen-bond acceptors (Lipinski definition) is 4. The molecule has 1 atom stereocenters. The summed E-state index contributed by atoms with van der Waals surface area (Å²) in [5.74, 6) is 0. The van der Waals surface area contributed by atoms with E-state index in [1.54, 1.807) is 12.1 Å². The van der Waals surface area contributed by atoms with Crippen LogP contribution in [0.25, 0.3) is 0 Å². The molecule has 2 aliphatic carbocycles. The molecule has 29 heavy (non-hydrogen) atoms. The summed E-state index contributed by atoms with van der Waals surface area (Å²) < 4.78 is 16.7. The summed E-state index contributed by atoms with van der Waals surface area (Å²) in [7, 11) is 0.520. The maximum Gasteiger partial charge on any atom is 0.354 e. The van der Waals surface area contributed by atoms with Crippen LogP contribution in [0, 0.1) is 0 Å². The van der Waals surface area contributed by atoms with Gasteiger partial charge in [-0.1, -0.05) is 6.07 Å². The lowest BCUT2D eigenvalue weighted by Crippen LogP contribution is -2.19. The normalized spacial score (nSPS) is 17.0. The number of anilines is 1. The average molecular weight is 414 g/mol. The number of nitrogens with zero attached hydrogens (tertiary/aromatic N) is 3. The van der Waals surface area contributed by atoms with Crippen LogP contribution in [0.5, 0.6) is 0 Å². The second-order valence-electron chi connectivity index (χ2n) is 8.05. The topological polar surface area (TPSA) is 101 Å². The van der Waals surface area contributed by atoms with Gasteiger partial charge in [0.15, 0.2) is 0 Å². The zero-order chi connectivity index (χ0) is 20.6. The standard InChI is InChI=1S/C21H27N5O2S/c1-26(2)13-16-9-10-17(12-23-16)29(22,28)25-21(27)24-20-18-7-3-5-14(18)11-15-6-4-8-19(15)20/h9-12H,3-8,13H2,1-2H3,(H3,22,24,25,27,28)/t29-/m0/s1. The van der Waals surface area contributed by atoms with E-state index < -0.39 is 15.9 Å². The van der Waals surface area contributed by atoms with Gasteiger partial charge in [0.25, 0.3) is 0 Å². The Morgan fingerprint density at radius 3 is 2.38 bits per heavy atom. The molecule has 154 valence electrons. The number of nitrogens with one attached hydrogen (secondary N) is 1. The van der Waals surface area contributed by atoms with Crippen LogP contribution in [-0.2, 0) is 42.1 Å². The first kappa shape index (κ1) is 20.0. The Kier molecular flexibility index (Phi) is 5.42. The molecule has 0 saturated heterocycles. The third kappa shape index (κ3) is 4.19. The van der Waals surface area contributed by atoms with Crippen molar-refractivity contribution < 1.29 is 9.00 Å². The van der Waals surface area contributed by atoms with Gasteiger partial charge in [0, 0.05) is 18.4 Å². The highest BCUT2D eigenvalue weighted by molar-refractivity contribution is 7.91.